The van der Waals surface area contributed by atoms with Gasteiger partial charge in [-0.15, -0.1) is 0 Å². The lowest BCUT2D eigenvalue weighted by molar-refractivity contribution is 0.628. The molecule has 2 nitrogen and oxygen atoms in total. The Hall–Kier alpha value is -1.39. The van der Waals surface area contributed by atoms with Crippen molar-refractivity contribution in [2.45, 2.75) is 19.4 Å². The molecule has 0 saturated heterocycles. The second-order valence-corrected chi connectivity index (χ2v) is 6.08. The molecule has 1 unspecified atom stereocenters. The highest BCUT2D eigenvalue weighted by Gasteiger charge is 2.23. The lowest BCUT2D eigenvalue weighted by Crippen LogP contribution is -2.18. The van der Waals surface area contributed by atoms with Crippen molar-refractivity contribution in [3.8, 4) is 0 Å². The predicted molar refractivity (Wildman–Crippen MR) is 83.9 cm³/mol. The van der Waals surface area contributed by atoms with E-state index in [4.69, 9.17) is 5.73 Å². The summed E-state index contributed by atoms with van der Waals surface area (Å²) in [4.78, 5) is 2.16. The molecule has 2 aromatic carbocycles. The first kappa shape index (κ1) is 13.6. The van der Waals surface area contributed by atoms with Crippen LogP contribution in [0.4, 0.5) is 15.8 Å². The topological polar surface area (TPSA) is 29.3 Å². The van der Waals surface area contributed by atoms with Gasteiger partial charge < -0.3 is 10.6 Å². The zero-order valence-electron chi connectivity index (χ0n) is 11.2. The van der Waals surface area contributed by atoms with E-state index in [1.807, 2.05) is 31.2 Å². The fraction of sp³-hybridized carbons (Fsp3) is 0.250. The van der Waals surface area contributed by atoms with Crippen LogP contribution in [0.25, 0.3) is 0 Å². The second-order valence-electron chi connectivity index (χ2n) is 5.17. The molecule has 0 amide bonds. The molecule has 2 N–H and O–H groups in total. The molecule has 0 aromatic heterocycles. The monoisotopic (exact) mass is 334 g/mol. The molecule has 0 saturated carbocycles. The van der Waals surface area contributed by atoms with Crippen LogP contribution in [-0.4, -0.2) is 6.54 Å². The standard InChI is InChI=1S/C16H16BrFN2/c1-10(19)14-8-12(17)3-5-15(14)20-7-6-11-2-4-13(18)9-16(11)20/h2-5,8-10H,6-7,19H2,1H3. The van der Waals surface area contributed by atoms with Gasteiger partial charge in [-0.3, -0.25) is 0 Å². The van der Waals surface area contributed by atoms with Crippen LogP contribution in [0.2, 0.25) is 0 Å². The Morgan fingerprint density at radius 2 is 2.00 bits per heavy atom. The van der Waals surface area contributed by atoms with Gasteiger partial charge in [0, 0.05) is 28.4 Å². The van der Waals surface area contributed by atoms with Crippen molar-refractivity contribution in [1.29, 1.82) is 0 Å². The molecule has 4 heteroatoms. The number of hydrogen-bond donors (Lipinski definition) is 1. The highest BCUT2D eigenvalue weighted by atomic mass is 79.9. The molecule has 20 heavy (non-hydrogen) atoms. The number of benzene rings is 2. The summed E-state index contributed by atoms with van der Waals surface area (Å²) in [6.07, 6.45) is 0.935. The van der Waals surface area contributed by atoms with Crippen molar-refractivity contribution in [2.75, 3.05) is 11.4 Å². The van der Waals surface area contributed by atoms with Gasteiger partial charge in [-0.2, -0.15) is 0 Å². The average molecular weight is 335 g/mol. The molecule has 3 rings (SSSR count). The highest BCUT2D eigenvalue weighted by molar-refractivity contribution is 9.10. The molecular formula is C16H16BrFN2. The maximum atomic E-state index is 13.5. The van der Waals surface area contributed by atoms with Gasteiger partial charge in [0.1, 0.15) is 5.82 Å². The third-order valence-electron chi connectivity index (χ3n) is 3.71. The summed E-state index contributed by atoms with van der Waals surface area (Å²) < 4.78 is 14.5. The highest BCUT2D eigenvalue weighted by Crippen LogP contribution is 2.38. The Balaban J connectivity index is 2.10. The summed E-state index contributed by atoms with van der Waals surface area (Å²) >= 11 is 3.48. The molecule has 0 aliphatic carbocycles. The third kappa shape index (κ3) is 2.34. The van der Waals surface area contributed by atoms with E-state index in [9.17, 15) is 4.39 Å². The van der Waals surface area contributed by atoms with Gasteiger partial charge in [-0.1, -0.05) is 22.0 Å². The van der Waals surface area contributed by atoms with Crippen molar-refractivity contribution in [3.05, 3.63) is 57.8 Å². The Bertz CT molecular complexity index is 655. The number of rotatable bonds is 2. The zero-order valence-corrected chi connectivity index (χ0v) is 12.8. The summed E-state index contributed by atoms with van der Waals surface area (Å²) in [6, 6.07) is 11.0. The fourth-order valence-corrected chi connectivity index (χ4v) is 3.12. The summed E-state index contributed by atoms with van der Waals surface area (Å²) in [5.74, 6) is -0.199. The van der Waals surface area contributed by atoms with Crippen LogP contribution >= 0.6 is 15.9 Å². The molecule has 1 aliphatic rings. The molecule has 0 bridgehead atoms. The van der Waals surface area contributed by atoms with Crippen LogP contribution in [0.5, 0.6) is 0 Å². The lowest BCUT2D eigenvalue weighted by atomic mass is 10.1. The van der Waals surface area contributed by atoms with Gasteiger partial charge in [0.05, 0.1) is 0 Å². The minimum atomic E-state index is -0.199. The molecule has 0 radical (unpaired) electrons. The quantitative estimate of drug-likeness (QED) is 0.886. The number of nitrogens with zero attached hydrogens (tertiary/aromatic N) is 1. The minimum absolute atomic E-state index is 0.0693. The number of hydrogen-bond acceptors (Lipinski definition) is 2. The van der Waals surface area contributed by atoms with Crippen molar-refractivity contribution in [1.82, 2.24) is 0 Å². The van der Waals surface area contributed by atoms with E-state index in [0.717, 1.165) is 34.4 Å². The number of nitrogens with two attached hydrogens (primary N) is 1. The van der Waals surface area contributed by atoms with Crippen molar-refractivity contribution >= 4 is 27.3 Å². The summed E-state index contributed by atoms with van der Waals surface area (Å²) in [7, 11) is 0. The van der Waals surface area contributed by atoms with Crippen LogP contribution in [-0.2, 0) is 6.42 Å². The van der Waals surface area contributed by atoms with E-state index in [2.05, 4.69) is 20.8 Å². The Morgan fingerprint density at radius 3 is 2.75 bits per heavy atom. The van der Waals surface area contributed by atoms with Crippen LogP contribution in [0.15, 0.2) is 40.9 Å². The molecule has 1 atom stereocenters. The molecule has 1 heterocycles. The van der Waals surface area contributed by atoms with Crippen LogP contribution in [0.1, 0.15) is 24.1 Å². The maximum Gasteiger partial charge on any atom is 0.125 e. The Morgan fingerprint density at radius 1 is 1.20 bits per heavy atom. The number of fused-ring (bicyclic) bond motifs is 1. The van der Waals surface area contributed by atoms with E-state index < -0.39 is 0 Å². The first-order valence-corrected chi connectivity index (χ1v) is 7.46. The normalized spacial score (nSPS) is 15.3. The van der Waals surface area contributed by atoms with E-state index >= 15 is 0 Å². The van der Waals surface area contributed by atoms with E-state index in [0.29, 0.717) is 0 Å². The largest absolute Gasteiger partial charge is 0.341 e. The zero-order chi connectivity index (χ0) is 14.3. The summed E-state index contributed by atoms with van der Waals surface area (Å²) in [6.45, 7) is 2.83. The van der Waals surface area contributed by atoms with E-state index in [1.165, 1.54) is 11.6 Å². The van der Waals surface area contributed by atoms with Gasteiger partial charge in [-0.05, 0) is 54.8 Å². The fourth-order valence-electron chi connectivity index (χ4n) is 2.74. The number of anilines is 2. The molecular weight excluding hydrogens is 319 g/mol. The first-order chi connectivity index (χ1) is 9.56. The molecule has 0 spiro atoms. The van der Waals surface area contributed by atoms with Crippen molar-refractivity contribution in [3.63, 3.8) is 0 Å². The van der Waals surface area contributed by atoms with Gasteiger partial charge in [0.2, 0.25) is 0 Å². The van der Waals surface area contributed by atoms with Gasteiger partial charge in [0.25, 0.3) is 0 Å². The van der Waals surface area contributed by atoms with Crippen LogP contribution in [0.3, 0.4) is 0 Å². The van der Waals surface area contributed by atoms with E-state index in [-0.39, 0.29) is 11.9 Å². The van der Waals surface area contributed by atoms with Crippen molar-refractivity contribution < 1.29 is 4.39 Å². The molecule has 104 valence electrons. The Kier molecular flexibility index (Phi) is 3.52. The molecule has 1 aliphatic heterocycles. The minimum Gasteiger partial charge on any atom is -0.341 e. The maximum absolute atomic E-state index is 13.5. The molecule has 0 fully saturated rings. The lowest BCUT2D eigenvalue weighted by Gasteiger charge is -2.24. The van der Waals surface area contributed by atoms with Gasteiger partial charge >= 0.3 is 0 Å². The SMILES string of the molecule is CC(N)c1cc(Br)ccc1N1CCc2ccc(F)cc21. The van der Waals surface area contributed by atoms with E-state index in [1.54, 1.807) is 6.07 Å². The Labute approximate surface area is 126 Å². The second kappa shape index (κ2) is 5.19. The van der Waals surface area contributed by atoms with Crippen LogP contribution in [0, 0.1) is 5.82 Å². The predicted octanol–water partition coefficient (Wildman–Crippen LogP) is 4.30. The third-order valence-corrected chi connectivity index (χ3v) is 4.21. The first-order valence-electron chi connectivity index (χ1n) is 6.67. The summed E-state index contributed by atoms with van der Waals surface area (Å²) in [5, 5.41) is 0. The van der Waals surface area contributed by atoms with Crippen LogP contribution < -0.4 is 10.6 Å². The number of halogens is 2. The smallest absolute Gasteiger partial charge is 0.125 e. The van der Waals surface area contributed by atoms with Crippen molar-refractivity contribution in [2.24, 2.45) is 5.73 Å². The van der Waals surface area contributed by atoms with Gasteiger partial charge in [-0.25, -0.2) is 4.39 Å². The molecule has 2 aromatic rings. The average Bonchev–Trinajstić information content (AvgIpc) is 2.81. The summed E-state index contributed by atoms with van der Waals surface area (Å²) in [5.41, 5.74) is 10.3. The van der Waals surface area contributed by atoms with Gasteiger partial charge in [0.15, 0.2) is 0 Å².